The summed E-state index contributed by atoms with van der Waals surface area (Å²) in [5.74, 6) is 0. The van der Waals surface area contributed by atoms with Crippen LogP contribution >= 0.6 is 0 Å². The fourth-order valence-electron chi connectivity index (χ4n) is 5.40. The number of hydrogen-bond acceptors (Lipinski definition) is 1. The highest BCUT2D eigenvalue weighted by Gasteiger charge is 2.17. The molecule has 0 saturated carbocycles. The van der Waals surface area contributed by atoms with Crippen LogP contribution in [0.15, 0.2) is 90.5 Å². The molecular formula is C33H40BN2+. The van der Waals surface area contributed by atoms with Crippen molar-refractivity contribution in [2.45, 2.75) is 40.9 Å². The summed E-state index contributed by atoms with van der Waals surface area (Å²) in [4.78, 5) is 2.40. The maximum Gasteiger partial charge on any atom is 0.199 e. The van der Waals surface area contributed by atoms with E-state index in [9.17, 15) is 0 Å². The van der Waals surface area contributed by atoms with E-state index in [1.165, 1.54) is 49.9 Å². The van der Waals surface area contributed by atoms with Crippen molar-refractivity contribution in [1.82, 2.24) is 0 Å². The van der Waals surface area contributed by atoms with E-state index >= 15 is 0 Å². The van der Waals surface area contributed by atoms with Crippen molar-refractivity contribution in [2.24, 2.45) is 0 Å². The molecule has 0 unspecified atom stereocenters. The zero-order valence-electron chi connectivity index (χ0n) is 22.7. The van der Waals surface area contributed by atoms with Gasteiger partial charge in [-0.15, -0.1) is 0 Å². The van der Waals surface area contributed by atoms with Crippen molar-refractivity contribution in [3.8, 4) is 0 Å². The third-order valence-corrected chi connectivity index (χ3v) is 7.37. The van der Waals surface area contributed by atoms with Crippen LogP contribution in [0.2, 0.25) is 6.32 Å². The van der Waals surface area contributed by atoms with Crippen LogP contribution in [0, 0.1) is 0 Å². The Balaban J connectivity index is 1.93. The van der Waals surface area contributed by atoms with E-state index in [1.54, 1.807) is 0 Å². The van der Waals surface area contributed by atoms with Crippen LogP contribution in [0.1, 0.15) is 45.7 Å². The first-order valence-corrected chi connectivity index (χ1v) is 13.7. The summed E-state index contributed by atoms with van der Waals surface area (Å²) in [7, 11) is 1.10. The van der Waals surface area contributed by atoms with E-state index in [2.05, 4.69) is 129 Å². The molecule has 0 spiro atoms. The molecule has 0 atom stereocenters. The van der Waals surface area contributed by atoms with Gasteiger partial charge >= 0.3 is 0 Å². The zero-order valence-corrected chi connectivity index (χ0v) is 22.7. The van der Waals surface area contributed by atoms with Gasteiger partial charge < -0.3 is 4.90 Å². The normalized spacial score (nSPS) is 12.8. The van der Waals surface area contributed by atoms with Crippen molar-refractivity contribution in [2.75, 3.05) is 31.1 Å². The number of nitrogens with zero attached hydrogens (tertiary/aromatic N) is 2. The predicted molar refractivity (Wildman–Crippen MR) is 162 cm³/mol. The van der Waals surface area contributed by atoms with Crippen LogP contribution in [0.25, 0.3) is 16.3 Å². The van der Waals surface area contributed by atoms with E-state index in [0.717, 1.165) is 39.8 Å². The molecule has 0 radical (unpaired) electrons. The van der Waals surface area contributed by atoms with Crippen molar-refractivity contribution < 1.29 is 4.58 Å². The molecule has 3 aromatic rings. The number of allylic oxidation sites excluding steroid dienone is 5. The molecule has 2 nitrogen and oxygen atoms in total. The van der Waals surface area contributed by atoms with Crippen molar-refractivity contribution in [3.05, 3.63) is 102 Å². The Hall–Kier alpha value is -3.33. The molecule has 0 heterocycles. The minimum atomic E-state index is 1.02. The number of benzene rings is 3. The lowest BCUT2D eigenvalue weighted by Gasteiger charge is -2.22. The second-order valence-corrected chi connectivity index (χ2v) is 9.38. The topological polar surface area (TPSA) is 6.25 Å². The van der Waals surface area contributed by atoms with Crippen molar-refractivity contribution in [1.29, 1.82) is 0 Å². The van der Waals surface area contributed by atoms with E-state index in [1.807, 2.05) is 0 Å². The average Bonchev–Trinajstić information content (AvgIpc) is 2.93. The Kier molecular flexibility index (Phi) is 8.64. The fraction of sp³-hybridized carbons (Fsp3) is 0.303. The van der Waals surface area contributed by atoms with E-state index in [0.29, 0.717) is 0 Å². The third-order valence-electron chi connectivity index (χ3n) is 7.37. The molecule has 0 bridgehead atoms. The van der Waals surface area contributed by atoms with Gasteiger partial charge in [0.15, 0.2) is 13.0 Å². The Morgan fingerprint density at radius 1 is 0.722 bits per heavy atom. The summed E-state index contributed by atoms with van der Waals surface area (Å²) in [6.45, 7) is 15.2. The van der Waals surface area contributed by atoms with Crippen LogP contribution in [0.4, 0.5) is 5.69 Å². The molecule has 36 heavy (non-hydrogen) atoms. The smallest absolute Gasteiger partial charge is 0.199 e. The number of hydrogen-bond donors (Lipinski definition) is 0. The fourth-order valence-corrected chi connectivity index (χ4v) is 5.40. The summed E-state index contributed by atoms with van der Waals surface area (Å²) in [6, 6.07) is 22.8. The summed E-state index contributed by atoms with van der Waals surface area (Å²) in [5.41, 5.74) is 9.11. The molecule has 0 aliphatic heterocycles. The van der Waals surface area contributed by atoms with Crippen LogP contribution in [-0.2, 0) is 0 Å². The molecule has 184 valence electrons. The summed E-state index contributed by atoms with van der Waals surface area (Å²) >= 11 is 0. The maximum atomic E-state index is 2.40. The summed E-state index contributed by atoms with van der Waals surface area (Å²) in [6.07, 6.45) is 10.3. The van der Waals surface area contributed by atoms with Crippen LogP contribution in [0.5, 0.6) is 0 Å². The Bertz CT molecular complexity index is 1300. The molecule has 4 rings (SSSR count). The highest BCUT2D eigenvalue weighted by molar-refractivity contribution is 6.57. The van der Waals surface area contributed by atoms with Gasteiger partial charge in [0.1, 0.15) is 13.1 Å². The lowest BCUT2D eigenvalue weighted by atomic mass is 9.65. The first kappa shape index (κ1) is 25.8. The van der Waals surface area contributed by atoms with Crippen LogP contribution < -0.4 is 10.4 Å². The van der Waals surface area contributed by atoms with Gasteiger partial charge in [-0.1, -0.05) is 67.2 Å². The molecule has 0 saturated heterocycles. The molecule has 0 aromatic heterocycles. The van der Waals surface area contributed by atoms with E-state index in [4.69, 9.17) is 0 Å². The standard InChI is InChI=1S/C33H40BN2/c1-6-34-32-24-23-31(29-13-11-12-14-30(29)32)33(25-15-19-27(20-16-25)35(7-2)8-3)26-17-21-28(22-18-26)36(9-4)10-5/h11-24,34H,6-10H2,1-5H3/q+1. The Morgan fingerprint density at radius 3 is 1.94 bits per heavy atom. The van der Waals surface area contributed by atoms with Gasteiger partial charge in [0.05, 0.1) is 0 Å². The van der Waals surface area contributed by atoms with Crippen molar-refractivity contribution in [3.63, 3.8) is 0 Å². The molecule has 3 heteroatoms. The van der Waals surface area contributed by atoms with E-state index < -0.39 is 0 Å². The molecule has 1 aliphatic rings. The van der Waals surface area contributed by atoms with Crippen molar-refractivity contribution >= 4 is 40.5 Å². The first-order chi connectivity index (χ1) is 17.6. The van der Waals surface area contributed by atoms with Crippen LogP contribution in [-0.4, -0.2) is 43.7 Å². The quantitative estimate of drug-likeness (QED) is 0.249. The minimum absolute atomic E-state index is 1.02. The van der Waals surface area contributed by atoms with Gasteiger partial charge in [-0.25, -0.2) is 4.58 Å². The SMILES string of the molecule is CCBc1ccc(C(=C2C=CC(=[N+](CC)CC)C=C2)c2ccc(N(CC)CC)cc2)c2ccccc12. The van der Waals surface area contributed by atoms with E-state index in [-0.39, 0.29) is 0 Å². The lowest BCUT2D eigenvalue weighted by Crippen LogP contribution is -2.21. The minimum Gasteiger partial charge on any atom is -0.372 e. The molecule has 0 amide bonds. The highest BCUT2D eigenvalue weighted by atomic mass is 15.1. The number of anilines is 1. The molecule has 1 aliphatic carbocycles. The molecule has 3 aromatic carbocycles. The van der Waals surface area contributed by atoms with Crippen LogP contribution in [0.3, 0.4) is 0 Å². The lowest BCUT2D eigenvalue weighted by molar-refractivity contribution is -0.519. The predicted octanol–water partition coefficient (Wildman–Crippen LogP) is 6.61. The summed E-state index contributed by atoms with van der Waals surface area (Å²) in [5, 5.41) is 2.70. The monoisotopic (exact) mass is 475 g/mol. The summed E-state index contributed by atoms with van der Waals surface area (Å²) < 4.78 is 2.40. The third kappa shape index (κ3) is 5.26. The molecule has 0 N–H and O–H groups in total. The van der Waals surface area contributed by atoms with Gasteiger partial charge in [-0.2, -0.15) is 0 Å². The van der Waals surface area contributed by atoms with Gasteiger partial charge in [0, 0.05) is 30.9 Å². The molecular weight excluding hydrogens is 435 g/mol. The zero-order chi connectivity index (χ0) is 25.5. The maximum absolute atomic E-state index is 2.40. The van der Waals surface area contributed by atoms with Gasteiger partial charge in [0.2, 0.25) is 0 Å². The number of rotatable bonds is 9. The number of fused-ring (bicyclic) bond motifs is 1. The largest absolute Gasteiger partial charge is 0.372 e. The second-order valence-electron chi connectivity index (χ2n) is 9.38. The van der Waals surface area contributed by atoms with Gasteiger partial charge in [0.25, 0.3) is 0 Å². The first-order valence-electron chi connectivity index (χ1n) is 13.7. The Morgan fingerprint density at radius 2 is 1.36 bits per heavy atom. The van der Waals surface area contributed by atoms with Gasteiger partial charge in [-0.3, -0.25) is 0 Å². The highest BCUT2D eigenvalue weighted by Crippen LogP contribution is 2.34. The average molecular weight is 476 g/mol. The molecule has 0 fully saturated rings. The van der Waals surface area contributed by atoms with Gasteiger partial charge in [-0.05, 0) is 85.0 Å². The second kappa shape index (κ2) is 12.1. The Labute approximate surface area is 218 Å².